The SMILES string of the molecule is CCCCCC(=O)N1Cc2cc(OCCc3ccc(CC)cn3)ccc2C[C@H]1C(=O)O. The van der Waals surface area contributed by atoms with Crippen molar-refractivity contribution in [1.29, 1.82) is 0 Å². The van der Waals surface area contributed by atoms with Gasteiger partial charge in [0.2, 0.25) is 5.91 Å². The topological polar surface area (TPSA) is 79.7 Å². The van der Waals surface area contributed by atoms with Crippen molar-refractivity contribution < 1.29 is 19.4 Å². The fourth-order valence-electron chi connectivity index (χ4n) is 3.89. The molecule has 1 atom stereocenters. The molecule has 0 saturated carbocycles. The Hall–Kier alpha value is -2.89. The second-order valence-electron chi connectivity index (χ2n) is 8.08. The van der Waals surface area contributed by atoms with Crippen molar-refractivity contribution in [3.63, 3.8) is 0 Å². The lowest BCUT2D eigenvalue weighted by Crippen LogP contribution is -2.48. The molecule has 1 aromatic carbocycles. The molecule has 1 aliphatic heterocycles. The maximum Gasteiger partial charge on any atom is 0.326 e. The van der Waals surface area contributed by atoms with Crippen molar-refractivity contribution in [2.45, 2.75) is 71.4 Å². The van der Waals surface area contributed by atoms with E-state index in [-0.39, 0.29) is 5.91 Å². The molecule has 3 rings (SSSR count). The predicted octanol–water partition coefficient (Wildman–Crippen LogP) is 4.18. The van der Waals surface area contributed by atoms with E-state index in [4.69, 9.17) is 4.74 Å². The van der Waals surface area contributed by atoms with Crippen LogP contribution in [-0.2, 0) is 35.4 Å². The molecule has 0 spiro atoms. The first-order chi connectivity index (χ1) is 15.0. The normalized spacial score (nSPS) is 15.4. The lowest BCUT2D eigenvalue weighted by Gasteiger charge is -2.34. The summed E-state index contributed by atoms with van der Waals surface area (Å²) in [7, 11) is 0. The fourth-order valence-corrected chi connectivity index (χ4v) is 3.89. The van der Waals surface area contributed by atoms with Crippen LogP contribution in [0.4, 0.5) is 0 Å². The highest BCUT2D eigenvalue weighted by atomic mass is 16.5. The Morgan fingerprint density at radius 1 is 1.16 bits per heavy atom. The van der Waals surface area contributed by atoms with Gasteiger partial charge < -0.3 is 14.7 Å². The molecule has 0 saturated heterocycles. The number of carbonyl (C=O) groups excluding carboxylic acids is 1. The maximum atomic E-state index is 12.7. The third-order valence-electron chi connectivity index (χ3n) is 5.83. The highest BCUT2D eigenvalue weighted by molar-refractivity contribution is 5.84. The Morgan fingerprint density at radius 2 is 2.00 bits per heavy atom. The second-order valence-corrected chi connectivity index (χ2v) is 8.08. The number of aryl methyl sites for hydroxylation is 1. The van der Waals surface area contributed by atoms with Gasteiger partial charge in [-0.2, -0.15) is 0 Å². The number of carboxylic acid groups (broad SMARTS) is 1. The number of fused-ring (bicyclic) bond motifs is 1. The lowest BCUT2D eigenvalue weighted by molar-refractivity contribution is -0.151. The van der Waals surface area contributed by atoms with E-state index >= 15 is 0 Å². The van der Waals surface area contributed by atoms with E-state index in [1.807, 2.05) is 30.5 Å². The molecule has 6 nitrogen and oxygen atoms in total. The minimum atomic E-state index is -0.948. The summed E-state index contributed by atoms with van der Waals surface area (Å²) in [4.78, 5) is 30.4. The molecular formula is C25H32N2O4. The number of rotatable bonds is 10. The maximum absolute atomic E-state index is 12.7. The standard InChI is InChI=1S/C25H32N2O4/c1-3-5-6-7-24(28)27-17-20-14-22(11-9-19(20)15-23(27)25(29)30)31-13-12-21-10-8-18(4-2)16-26-21/h8-11,14,16,23H,3-7,12-13,15,17H2,1-2H3,(H,29,30)/t23-/m0/s1. The van der Waals surface area contributed by atoms with E-state index in [1.165, 1.54) is 10.5 Å². The number of amides is 1. The molecule has 0 radical (unpaired) electrons. The first-order valence-corrected chi connectivity index (χ1v) is 11.2. The molecule has 6 heteroatoms. The van der Waals surface area contributed by atoms with Crippen molar-refractivity contribution in [2.24, 2.45) is 0 Å². The highest BCUT2D eigenvalue weighted by Crippen LogP contribution is 2.28. The molecule has 1 amide bonds. The van der Waals surface area contributed by atoms with Gasteiger partial charge in [-0.15, -0.1) is 0 Å². The number of benzene rings is 1. The monoisotopic (exact) mass is 424 g/mol. The number of nitrogens with zero attached hydrogens (tertiary/aromatic N) is 2. The van der Waals surface area contributed by atoms with Gasteiger partial charge in [-0.05, 0) is 47.7 Å². The average molecular weight is 425 g/mol. The van der Waals surface area contributed by atoms with Gasteiger partial charge in [0.05, 0.1) is 6.61 Å². The summed E-state index contributed by atoms with van der Waals surface area (Å²) in [5, 5.41) is 9.64. The van der Waals surface area contributed by atoms with E-state index in [1.54, 1.807) is 0 Å². The Morgan fingerprint density at radius 3 is 2.68 bits per heavy atom. The second kappa shape index (κ2) is 10.9. The van der Waals surface area contributed by atoms with Crippen LogP contribution in [0.5, 0.6) is 5.75 Å². The van der Waals surface area contributed by atoms with E-state index in [0.29, 0.717) is 32.4 Å². The van der Waals surface area contributed by atoms with Gasteiger partial charge in [0.25, 0.3) is 0 Å². The van der Waals surface area contributed by atoms with E-state index in [0.717, 1.165) is 48.3 Å². The van der Waals surface area contributed by atoms with Gasteiger partial charge in [-0.25, -0.2) is 4.79 Å². The number of aliphatic carboxylic acids is 1. The number of hydrogen-bond donors (Lipinski definition) is 1. The summed E-state index contributed by atoms with van der Waals surface area (Å²) in [6.45, 7) is 5.01. The number of carboxylic acids is 1. The van der Waals surface area contributed by atoms with Crippen molar-refractivity contribution in [3.8, 4) is 5.75 Å². The van der Waals surface area contributed by atoms with E-state index in [9.17, 15) is 14.7 Å². The molecule has 166 valence electrons. The van der Waals surface area contributed by atoms with Crippen LogP contribution in [0, 0.1) is 0 Å². The molecule has 1 N–H and O–H groups in total. The van der Waals surface area contributed by atoms with Gasteiger partial charge in [0.1, 0.15) is 11.8 Å². The van der Waals surface area contributed by atoms with Crippen LogP contribution < -0.4 is 4.74 Å². The third-order valence-corrected chi connectivity index (χ3v) is 5.83. The van der Waals surface area contributed by atoms with Crippen molar-refractivity contribution in [2.75, 3.05) is 6.61 Å². The smallest absolute Gasteiger partial charge is 0.326 e. The van der Waals surface area contributed by atoms with Crippen LogP contribution in [0.15, 0.2) is 36.5 Å². The zero-order valence-electron chi connectivity index (χ0n) is 18.5. The number of ether oxygens (including phenoxy) is 1. The zero-order valence-corrected chi connectivity index (χ0v) is 18.5. The van der Waals surface area contributed by atoms with Gasteiger partial charge >= 0.3 is 5.97 Å². The summed E-state index contributed by atoms with van der Waals surface area (Å²) in [5.41, 5.74) is 4.13. The molecular weight excluding hydrogens is 392 g/mol. The van der Waals surface area contributed by atoms with Crippen molar-refractivity contribution in [3.05, 3.63) is 58.9 Å². The Balaban J connectivity index is 1.63. The molecule has 1 aliphatic rings. The summed E-state index contributed by atoms with van der Waals surface area (Å²) in [5.74, 6) is -0.299. The number of hydrogen-bond acceptors (Lipinski definition) is 4. The quantitative estimate of drug-likeness (QED) is 0.579. The van der Waals surface area contributed by atoms with E-state index in [2.05, 4.69) is 24.9 Å². The largest absolute Gasteiger partial charge is 0.493 e. The van der Waals surface area contributed by atoms with Crippen LogP contribution >= 0.6 is 0 Å². The number of aromatic nitrogens is 1. The Bertz CT molecular complexity index is 895. The summed E-state index contributed by atoms with van der Waals surface area (Å²) in [6.07, 6.45) is 7.11. The van der Waals surface area contributed by atoms with Crippen LogP contribution in [0.3, 0.4) is 0 Å². The predicted molar refractivity (Wildman–Crippen MR) is 119 cm³/mol. The minimum Gasteiger partial charge on any atom is -0.493 e. The molecule has 0 unspecified atom stereocenters. The third kappa shape index (κ3) is 6.06. The number of carbonyl (C=O) groups is 2. The first kappa shape index (κ1) is 22.8. The molecule has 2 aromatic rings. The van der Waals surface area contributed by atoms with Gasteiger partial charge in [-0.1, -0.05) is 38.8 Å². The number of pyridine rings is 1. The average Bonchev–Trinajstić information content (AvgIpc) is 2.78. The van der Waals surface area contributed by atoms with Gasteiger partial charge in [0.15, 0.2) is 0 Å². The first-order valence-electron chi connectivity index (χ1n) is 11.2. The van der Waals surface area contributed by atoms with Crippen LogP contribution in [0.1, 0.15) is 61.9 Å². The van der Waals surface area contributed by atoms with Crippen LogP contribution in [0.2, 0.25) is 0 Å². The highest BCUT2D eigenvalue weighted by Gasteiger charge is 2.34. The molecule has 0 fully saturated rings. The summed E-state index contributed by atoms with van der Waals surface area (Å²) in [6, 6.07) is 9.06. The van der Waals surface area contributed by atoms with Crippen molar-refractivity contribution in [1.82, 2.24) is 9.88 Å². The van der Waals surface area contributed by atoms with Gasteiger partial charge in [0, 0.05) is 37.7 Å². The fraction of sp³-hybridized carbons (Fsp3) is 0.480. The van der Waals surface area contributed by atoms with Gasteiger partial charge in [-0.3, -0.25) is 9.78 Å². The molecule has 0 aliphatic carbocycles. The summed E-state index contributed by atoms with van der Waals surface area (Å²) >= 11 is 0. The zero-order chi connectivity index (χ0) is 22.2. The summed E-state index contributed by atoms with van der Waals surface area (Å²) < 4.78 is 5.92. The Labute approximate surface area is 184 Å². The lowest BCUT2D eigenvalue weighted by atomic mass is 9.93. The van der Waals surface area contributed by atoms with Crippen LogP contribution in [0.25, 0.3) is 0 Å². The molecule has 1 aromatic heterocycles. The molecule has 0 bridgehead atoms. The number of unbranched alkanes of at least 4 members (excludes halogenated alkanes) is 2. The van der Waals surface area contributed by atoms with E-state index < -0.39 is 12.0 Å². The van der Waals surface area contributed by atoms with Crippen molar-refractivity contribution >= 4 is 11.9 Å². The Kier molecular flexibility index (Phi) is 8.04. The minimum absolute atomic E-state index is 0.0839. The molecule has 31 heavy (non-hydrogen) atoms. The molecule has 2 heterocycles. The van der Waals surface area contributed by atoms with Crippen LogP contribution in [-0.4, -0.2) is 39.5 Å².